The van der Waals surface area contributed by atoms with E-state index in [1.54, 1.807) is 14.2 Å². The molecule has 0 saturated carbocycles. The zero-order valence-corrected chi connectivity index (χ0v) is 15.7. The summed E-state index contributed by atoms with van der Waals surface area (Å²) in [5.74, 6) is 3.39. The minimum absolute atomic E-state index is 0.0893. The van der Waals surface area contributed by atoms with E-state index < -0.39 is 0 Å². The first-order valence-electron chi connectivity index (χ1n) is 8.68. The zero-order valence-electron chi connectivity index (χ0n) is 15.7. The molecule has 136 valence electrons. The molecular weight excluding hydrogens is 318 g/mol. The molecule has 1 aliphatic heterocycles. The highest BCUT2D eigenvalue weighted by Gasteiger charge is 2.30. The zero-order chi connectivity index (χ0) is 18.0. The number of methoxy groups -OCH3 is 2. The first kappa shape index (κ1) is 17.7. The standard InChI is InChI=1S/C19H27N3O3/c1-19(2,3)18-20-17(25-21-18)14-9-10-22(12-14)11-13-7-6-8-15(23-4)16(13)24-5/h6-8,14H,9-12H2,1-5H3. The normalized spacial score (nSPS) is 18.5. The van der Waals surface area contributed by atoms with Gasteiger partial charge in [-0.2, -0.15) is 4.98 Å². The number of hydrogen-bond acceptors (Lipinski definition) is 6. The van der Waals surface area contributed by atoms with Gasteiger partial charge in [-0.25, -0.2) is 0 Å². The van der Waals surface area contributed by atoms with Crippen LogP contribution in [0.3, 0.4) is 0 Å². The Bertz CT molecular complexity index is 721. The fourth-order valence-corrected chi connectivity index (χ4v) is 3.20. The van der Waals surface area contributed by atoms with E-state index in [-0.39, 0.29) is 5.41 Å². The molecule has 0 N–H and O–H groups in total. The van der Waals surface area contributed by atoms with Gasteiger partial charge in [0.25, 0.3) is 0 Å². The Morgan fingerprint density at radius 1 is 1.24 bits per heavy atom. The Morgan fingerprint density at radius 2 is 2.04 bits per heavy atom. The summed E-state index contributed by atoms with van der Waals surface area (Å²) in [5.41, 5.74) is 1.04. The molecule has 0 aliphatic carbocycles. The van der Waals surface area contributed by atoms with Crippen molar-refractivity contribution in [2.45, 2.75) is 45.1 Å². The molecule has 1 saturated heterocycles. The van der Waals surface area contributed by atoms with Crippen molar-refractivity contribution in [2.75, 3.05) is 27.3 Å². The lowest BCUT2D eigenvalue weighted by Gasteiger charge is -2.18. The second kappa shape index (κ2) is 7.04. The van der Waals surface area contributed by atoms with Gasteiger partial charge in [0.05, 0.1) is 20.1 Å². The highest BCUT2D eigenvalue weighted by atomic mass is 16.5. The van der Waals surface area contributed by atoms with Crippen molar-refractivity contribution >= 4 is 0 Å². The lowest BCUT2D eigenvalue weighted by atomic mass is 9.96. The maximum Gasteiger partial charge on any atom is 0.231 e. The van der Waals surface area contributed by atoms with Gasteiger partial charge in [0.1, 0.15) is 0 Å². The largest absolute Gasteiger partial charge is 0.493 e. The molecular formula is C19H27N3O3. The van der Waals surface area contributed by atoms with Gasteiger partial charge < -0.3 is 14.0 Å². The Kier molecular flexibility index (Phi) is 4.99. The van der Waals surface area contributed by atoms with Crippen LogP contribution >= 0.6 is 0 Å². The lowest BCUT2D eigenvalue weighted by Crippen LogP contribution is -2.20. The predicted octanol–water partition coefficient (Wildman–Crippen LogP) is 3.37. The minimum atomic E-state index is -0.0893. The van der Waals surface area contributed by atoms with Crippen LogP contribution in [0.15, 0.2) is 22.7 Å². The van der Waals surface area contributed by atoms with Crippen LogP contribution in [0.1, 0.15) is 50.4 Å². The van der Waals surface area contributed by atoms with Crippen LogP contribution in [0.5, 0.6) is 11.5 Å². The number of rotatable bonds is 5. The Labute approximate surface area is 149 Å². The Balaban J connectivity index is 1.69. The molecule has 2 aromatic rings. The molecule has 1 unspecified atom stereocenters. The number of benzene rings is 1. The molecule has 0 amide bonds. The quantitative estimate of drug-likeness (QED) is 0.828. The molecule has 3 rings (SSSR count). The number of ether oxygens (including phenoxy) is 2. The Hall–Kier alpha value is -2.08. The van der Waals surface area contributed by atoms with Crippen LogP contribution < -0.4 is 9.47 Å². The van der Waals surface area contributed by atoms with E-state index in [2.05, 4.69) is 41.9 Å². The summed E-state index contributed by atoms with van der Waals surface area (Å²) in [6.45, 7) is 9.01. The topological polar surface area (TPSA) is 60.6 Å². The first-order chi connectivity index (χ1) is 11.9. The van der Waals surface area contributed by atoms with Crippen molar-refractivity contribution < 1.29 is 14.0 Å². The number of likely N-dealkylation sites (tertiary alicyclic amines) is 1. The first-order valence-corrected chi connectivity index (χ1v) is 8.68. The fourth-order valence-electron chi connectivity index (χ4n) is 3.20. The molecule has 1 atom stereocenters. The fraction of sp³-hybridized carbons (Fsp3) is 0.579. The number of para-hydroxylation sites is 1. The van der Waals surface area contributed by atoms with E-state index in [0.717, 1.165) is 54.8 Å². The van der Waals surface area contributed by atoms with Crippen LogP contribution in [0.4, 0.5) is 0 Å². The number of hydrogen-bond donors (Lipinski definition) is 0. The van der Waals surface area contributed by atoms with Gasteiger partial charge in [-0.3, -0.25) is 4.90 Å². The summed E-state index contributed by atoms with van der Waals surface area (Å²) in [6.07, 6.45) is 1.03. The summed E-state index contributed by atoms with van der Waals surface area (Å²) in [5, 5.41) is 4.15. The second-order valence-electron chi connectivity index (χ2n) is 7.58. The molecule has 6 nitrogen and oxygen atoms in total. The van der Waals surface area contributed by atoms with Gasteiger partial charge in [0, 0.05) is 24.1 Å². The van der Waals surface area contributed by atoms with Crippen LogP contribution in [0, 0.1) is 0 Å². The number of nitrogens with zero attached hydrogens (tertiary/aromatic N) is 3. The van der Waals surface area contributed by atoms with Crippen LogP contribution in [-0.4, -0.2) is 42.3 Å². The molecule has 0 radical (unpaired) electrons. The lowest BCUT2D eigenvalue weighted by molar-refractivity contribution is 0.297. The summed E-state index contributed by atoms with van der Waals surface area (Å²) in [6, 6.07) is 6.00. The third-order valence-corrected chi connectivity index (χ3v) is 4.61. The SMILES string of the molecule is COc1cccc(CN2CCC(c3nc(C(C)(C)C)no3)C2)c1OC. The molecule has 2 heterocycles. The van der Waals surface area contributed by atoms with Gasteiger partial charge in [-0.1, -0.05) is 38.1 Å². The molecule has 25 heavy (non-hydrogen) atoms. The van der Waals surface area contributed by atoms with E-state index in [1.165, 1.54) is 0 Å². The van der Waals surface area contributed by atoms with E-state index in [4.69, 9.17) is 14.0 Å². The molecule has 0 bridgehead atoms. The predicted molar refractivity (Wildman–Crippen MR) is 95.2 cm³/mol. The third kappa shape index (κ3) is 3.79. The maximum atomic E-state index is 5.54. The van der Waals surface area contributed by atoms with Crippen molar-refractivity contribution in [3.8, 4) is 11.5 Å². The summed E-state index contributed by atoms with van der Waals surface area (Å²) >= 11 is 0. The van der Waals surface area contributed by atoms with Crippen LogP contribution in [0.2, 0.25) is 0 Å². The van der Waals surface area contributed by atoms with E-state index in [1.807, 2.05) is 12.1 Å². The Morgan fingerprint density at radius 3 is 2.68 bits per heavy atom. The van der Waals surface area contributed by atoms with Crippen molar-refractivity contribution in [1.82, 2.24) is 15.0 Å². The minimum Gasteiger partial charge on any atom is -0.493 e. The molecule has 1 fully saturated rings. The monoisotopic (exact) mass is 345 g/mol. The van der Waals surface area contributed by atoms with E-state index in [0.29, 0.717) is 5.92 Å². The van der Waals surface area contributed by atoms with Crippen LogP contribution in [0.25, 0.3) is 0 Å². The summed E-state index contributed by atoms with van der Waals surface area (Å²) in [4.78, 5) is 7.01. The smallest absolute Gasteiger partial charge is 0.231 e. The summed E-state index contributed by atoms with van der Waals surface area (Å²) in [7, 11) is 3.34. The van der Waals surface area contributed by atoms with E-state index in [9.17, 15) is 0 Å². The second-order valence-corrected chi connectivity index (χ2v) is 7.58. The average molecular weight is 345 g/mol. The van der Waals surface area contributed by atoms with Gasteiger partial charge in [-0.05, 0) is 19.0 Å². The van der Waals surface area contributed by atoms with Gasteiger partial charge >= 0.3 is 0 Å². The maximum absolute atomic E-state index is 5.54. The highest BCUT2D eigenvalue weighted by molar-refractivity contribution is 5.46. The van der Waals surface area contributed by atoms with Gasteiger partial charge in [-0.15, -0.1) is 0 Å². The van der Waals surface area contributed by atoms with Crippen molar-refractivity contribution in [3.05, 3.63) is 35.5 Å². The average Bonchev–Trinajstić information content (AvgIpc) is 3.23. The van der Waals surface area contributed by atoms with Crippen molar-refractivity contribution in [3.63, 3.8) is 0 Å². The van der Waals surface area contributed by atoms with E-state index >= 15 is 0 Å². The molecule has 1 aliphatic rings. The number of aromatic nitrogens is 2. The molecule has 6 heteroatoms. The third-order valence-electron chi connectivity index (χ3n) is 4.61. The van der Waals surface area contributed by atoms with Gasteiger partial charge in [0.2, 0.25) is 5.89 Å². The molecule has 1 aromatic heterocycles. The van der Waals surface area contributed by atoms with Crippen LogP contribution in [-0.2, 0) is 12.0 Å². The molecule has 0 spiro atoms. The van der Waals surface area contributed by atoms with Crippen molar-refractivity contribution in [1.29, 1.82) is 0 Å². The summed E-state index contributed by atoms with van der Waals surface area (Å²) < 4.78 is 16.4. The highest BCUT2D eigenvalue weighted by Crippen LogP contribution is 2.34. The van der Waals surface area contributed by atoms with Gasteiger partial charge in [0.15, 0.2) is 17.3 Å². The van der Waals surface area contributed by atoms with Crippen molar-refractivity contribution in [2.24, 2.45) is 0 Å². The molecule has 1 aromatic carbocycles.